The molecule has 0 aromatic heterocycles. The SMILES string of the molecule is CCC(C1=CCC(N)C=C1)c1ccc(N)cc1. The minimum Gasteiger partial charge on any atom is -0.399 e. The first kappa shape index (κ1) is 11.9. The molecule has 90 valence electrons. The average Bonchev–Trinajstić information content (AvgIpc) is 2.35. The first-order chi connectivity index (χ1) is 8.20. The lowest BCUT2D eigenvalue weighted by atomic mass is 9.85. The monoisotopic (exact) mass is 228 g/mol. The van der Waals surface area contributed by atoms with Crippen molar-refractivity contribution in [3.8, 4) is 0 Å². The van der Waals surface area contributed by atoms with Gasteiger partial charge in [-0.15, -0.1) is 0 Å². The summed E-state index contributed by atoms with van der Waals surface area (Å²) in [6.45, 7) is 2.21. The number of rotatable bonds is 3. The number of hydrogen-bond donors (Lipinski definition) is 2. The lowest BCUT2D eigenvalue weighted by Crippen LogP contribution is -2.18. The molecule has 17 heavy (non-hydrogen) atoms. The van der Waals surface area contributed by atoms with E-state index in [1.165, 1.54) is 11.1 Å². The van der Waals surface area contributed by atoms with Crippen molar-refractivity contribution in [1.82, 2.24) is 0 Å². The van der Waals surface area contributed by atoms with Crippen molar-refractivity contribution in [3.63, 3.8) is 0 Å². The van der Waals surface area contributed by atoms with Gasteiger partial charge in [-0.1, -0.05) is 37.3 Å². The molecule has 1 aliphatic carbocycles. The molecule has 4 N–H and O–H groups in total. The molecule has 0 bridgehead atoms. The van der Waals surface area contributed by atoms with Gasteiger partial charge in [-0.05, 0) is 36.1 Å². The van der Waals surface area contributed by atoms with Crippen LogP contribution in [0.1, 0.15) is 31.2 Å². The highest BCUT2D eigenvalue weighted by Crippen LogP contribution is 2.31. The minimum atomic E-state index is 0.183. The van der Waals surface area contributed by atoms with Gasteiger partial charge in [-0.3, -0.25) is 0 Å². The van der Waals surface area contributed by atoms with E-state index < -0.39 is 0 Å². The van der Waals surface area contributed by atoms with E-state index in [9.17, 15) is 0 Å². The molecule has 0 heterocycles. The number of allylic oxidation sites excluding steroid dienone is 2. The molecule has 1 aliphatic rings. The molecule has 2 rings (SSSR count). The third-order valence-electron chi connectivity index (χ3n) is 3.31. The second-order valence-electron chi connectivity index (χ2n) is 4.59. The quantitative estimate of drug-likeness (QED) is 0.781. The van der Waals surface area contributed by atoms with Crippen LogP contribution in [0.3, 0.4) is 0 Å². The molecule has 2 atom stereocenters. The van der Waals surface area contributed by atoms with Gasteiger partial charge in [0.2, 0.25) is 0 Å². The van der Waals surface area contributed by atoms with Crippen LogP contribution in [0, 0.1) is 0 Å². The summed E-state index contributed by atoms with van der Waals surface area (Å²) in [7, 11) is 0. The molecular weight excluding hydrogens is 208 g/mol. The van der Waals surface area contributed by atoms with Gasteiger partial charge in [-0.25, -0.2) is 0 Å². The Balaban J connectivity index is 2.22. The second-order valence-corrected chi connectivity index (χ2v) is 4.59. The smallest absolute Gasteiger partial charge is 0.0314 e. The Morgan fingerprint density at radius 3 is 2.53 bits per heavy atom. The topological polar surface area (TPSA) is 52.0 Å². The Kier molecular flexibility index (Phi) is 3.64. The first-order valence-corrected chi connectivity index (χ1v) is 6.20. The van der Waals surface area contributed by atoms with E-state index in [1.807, 2.05) is 12.1 Å². The van der Waals surface area contributed by atoms with Crippen molar-refractivity contribution in [2.75, 3.05) is 5.73 Å². The largest absolute Gasteiger partial charge is 0.399 e. The van der Waals surface area contributed by atoms with Gasteiger partial charge in [-0.2, -0.15) is 0 Å². The van der Waals surface area contributed by atoms with Gasteiger partial charge >= 0.3 is 0 Å². The van der Waals surface area contributed by atoms with Gasteiger partial charge in [0, 0.05) is 17.6 Å². The van der Waals surface area contributed by atoms with Crippen LogP contribution < -0.4 is 11.5 Å². The van der Waals surface area contributed by atoms with Gasteiger partial charge in [0.1, 0.15) is 0 Å². The molecular formula is C15H20N2. The Morgan fingerprint density at radius 2 is 2.00 bits per heavy atom. The van der Waals surface area contributed by atoms with Crippen molar-refractivity contribution in [1.29, 1.82) is 0 Å². The molecule has 0 spiro atoms. The summed E-state index contributed by atoms with van der Waals surface area (Å²) in [6, 6.07) is 8.36. The third kappa shape index (κ3) is 2.77. The highest BCUT2D eigenvalue weighted by molar-refractivity contribution is 5.44. The predicted molar refractivity (Wildman–Crippen MR) is 73.7 cm³/mol. The number of nitrogens with two attached hydrogens (primary N) is 2. The zero-order valence-corrected chi connectivity index (χ0v) is 10.3. The zero-order valence-electron chi connectivity index (χ0n) is 10.3. The van der Waals surface area contributed by atoms with Crippen LogP contribution in [0.4, 0.5) is 5.69 Å². The lowest BCUT2D eigenvalue weighted by molar-refractivity contribution is 0.742. The summed E-state index contributed by atoms with van der Waals surface area (Å²) < 4.78 is 0. The number of anilines is 1. The van der Waals surface area contributed by atoms with Crippen molar-refractivity contribution in [2.45, 2.75) is 31.7 Å². The summed E-state index contributed by atoms with van der Waals surface area (Å²) in [6.07, 6.45) is 8.55. The van der Waals surface area contributed by atoms with Crippen LogP contribution in [0.25, 0.3) is 0 Å². The van der Waals surface area contributed by atoms with Crippen molar-refractivity contribution in [2.24, 2.45) is 5.73 Å². The molecule has 0 fully saturated rings. The van der Waals surface area contributed by atoms with Gasteiger partial charge in [0.05, 0.1) is 0 Å². The van der Waals surface area contributed by atoms with Crippen molar-refractivity contribution >= 4 is 5.69 Å². The molecule has 0 radical (unpaired) electrons. The fourth-order valence-corrected chi connectivity index (χ4v) is 2.30. The highest BCUT2D eigenvalue weighted by atomic mass is 14.6. The molecule has 0 saturated carbocycles. The molecule has 2 heteroatoms. The fraction of sp³-hybridized carbons (Fsp3) is 0.333. The maximum absolute atomic E-state index is 5.85. The number of hydrogen-bond acceptors (Lipinski definition) is 2. The molecule has 0 amide bonds. The van der Waals surface area contributed by atoms with Crippen LogP contribution in [0.15, 0.2) is 48.1 Å². The summed E-state index contributed by atoms with van der Waals surface area (Å²) in [5.74, 6) is 0.458. The van der Waals surface area contributed by atoms with Gasteiger partial charge in [0.15, 0.2) is 0 Å². The Hall–Kier alpha value is -1.54. The Bertz CT molecular complexity index is 429. The van der Waals surface area contributed by atoms with Gasteiger partial charge < -0.3 is 11.5 Å². The maximum Gasteiger partial charge on any atom is 0.0314 e. The molecule has 1 aromatic rings. The van der Waals surface area contributed by atoms with E-state index in [4.69, 9.17) is 11.5 Å². The summed E-state index contributed by atoms with van der Waals surface area (Å²) in [5.41, 5.74) is 15.1. The molecule has 0 aliphatic heterocycles. The highest BCUT2D eigenvalue weighted by Gasteiger charge is 2.15. The van der Waals surface area contributed by atoms with E-state index in [0.29, 0.717) is 5.92 Å². The third-order valence-corrected chi connectivity index (χ3v) is 3.31. The van der Waals surface area contributed by atoms with E-state index in [0.717, 1.165) is 18.5 Å². The average molecular weight is 228 g/mol. The second kappa shape index (κ2) is 5.19. The number of nitrogen functional groups attached to an aromatic ring is 1. The van der Waals surface area contributed by atoms with Crippen LogP contribution >= 0.6 is 0 Å². The van der Waals surface area contributed by atoms with Crippen LogP contribution in [0.5, 0.6) is 0 Å². The van der Waals surface area contributed by atoms with E-state index >= 15 is 0 Å². The molecule has 0 saturated heterocycles. The number of benzene rings is 1. The Morgan fingerprint density at radius 1 is 1.29 bits per heavy atom. The maximum atomic E-state index is 5.85. The predicted octanol–water partition coefficient (Wildman–Crippen LogP) is 2.98. The van der Waals surface area contributed by atoms with Crippen molar-refractivity contribution in [3.05, 3.63) is 53.6 Å². The van der Waals surface area contributed by atoms with Crippen molar-refractivity contribution < 1.29 is 0 Å². The summed E-state index contributed by atoms with van der Waals surface area (Å²) in [4.78, 5) is 0. The van der Waals surface area contributed by atoms with Crippen LogP contribution in [0.2, 0.25) is 0 Å². The standard InChI is InChI=1S/C15H20N2/c1-2-15(11-3-7-13(16)8-4-11)12-5-9-14(17)10-6-12/h3-9,14-15H,2,10,16-17H2,1H3. The summed E-state index contributed by atoms with van der Waals surface area (Å²) >= 11 is 0. The minimum absolute atomic E-state index is 0.183. The van der Waals surface area contributed by atoms with Crippen LogP contribution in [-0.2, 0) is 0 Å². The fourth-order valence-electron chi connectivity index (χ4n) is 2.30. The van der Waals surface area contributed by atoms with Gasteiger partial charge in [0.25, 0.3) is 0 Å². The zero-order chi connectivity index (χ0) is 12.3. The summed E-state index contributed by atoms with van der Waals surface area (Å²) in [5, 5.41) is 0. The lowest BCUT2D eigenvalue weighted by Gasteiger charge is -2.21. The van der Waals surface area contributed by atoms with E-state index in [1.54, 1.807) is 0 Å². The molecule has 2 unspecified atom stereocenters. The molecule has 1 aromatic carbocycles. The van der Waals surface area contributed by atoms with E-state index in [2.05, 4.69) is 37.3 Å². The normalized spacial score (nSPS) is 21.1. The van der Waals surface area contributed by atoms with E-state index in [-0.39, 0.29) is 6.04 Å². The Labute approximate surface area is 103 Å². The first-order valence-electron chi connectivity index (χ1n) is 6.20. The molecule has 2 nitrogen and oxygen atoms in total. The van der Waals surface area contributed by atoms with Crippen LogP contribution in [-0.4, -0.2) is 6.04 Å².